The van der Waals surface area contributed by atoms with Gasteiger partial charge >= 0.3 is 5.97 Å². The maximum Gasteiger partial charge on any atom is 0.335 e. The van der Waals surface area contributed by atoms with Crippen LogP contribution >= 0.6 is 0 Å². The molecule has 3 rings (SSSR count). The largest absolute Gasteiger partial charge is 0.486 e. The number of carbonyl (C=O) groups excluding carboxylic acids is 1. The molecule has 1 aliphatic heterocycles. The lowest BCUT2D eigenvalue weighted by atomic mass is 10.2. The van der Waals surface area contributed by atoms with E-state index in [-0.39, 0.29) is 30.7 Å². The summed E-state index contributed by atoms with van der Waals surface area (Å²) in [5.74, 6) is 0.274. The predicted octanol–water partition coefficient (Wildman–Crippen LogP) is 1.72. The second-order valence-corrected chi connectivity index (χ2v) is 5.42. The number of carboxylic acid groups (broad SMARTS) is 1. The van der Waals surface area contributed by atoms with Crippen molar-refractivity contribution in [3.63, 3.8) is 0 Å². The molecule has 0 unspecified atom stereocenters. The Balaban J connectivity index is 1.44. The van der Waals surface area contributed by atoms with Gasteiger partial charge in [0.1, 0.15) is 18.5 Å². The van der Waals surface area contributed by atoms with Gasteiger partial charge < -0.3 is 24.6 Å². The van der Waals surface area contributed by atoms with Crippen molar-refractivity contribution in [2.75, 3.05) is 19.8 Å². The lowest BCUT2D eigenvalue weighted by Gasteiger charge is -2.26. The zero-order valence-corrected chi connectivity index (χ0v) is 13.3. The summed E-state index contributed by atoms with van der Waals surface area (Å²) in [7, 11) is 0. The molecule has 1 aliphatic rings. The van der Waals surface area contributed by atoms with Gasteiger partial charge in [0, 0.05) is 0 Å². The van der Waals surface area contributed by atoms with Gasteiger partial charge in [0.05, 0.1) is 12.1 Å². The molecule has 0 aromatic heterocycles. The fourth-order valence-electron chi connectivity index (χ4n) is 2.31. The summed E-state index contributed by atoms with van der Waals surface area (Å²) in [6.07, 6.45) is -0.283. The van der Waals surface area contributed by atoms with Crippen LogP contribution in [0.25, 0.3) is 0 Å². The highest BCUT2D eigenvalue weighted by molar-refractivity contribution is 5.88. The summed E-state index contributed by atoms with van der Waals surface area (Å²) < 4.78 is 16.6. The van der Waals surface area contributed by atoms with E-state index in [0.29, 0.717) is 23.9 Å². The van der Waals surface area contributed by atoms with Crippen molar-refractivity contribution in [2.45, 2.75) is 6.10 Å². The van der Waals surface area contributed by atoms with E-state index in [2.05, 4.69) is 5.32 Å². The van der Waals surface area contributed by atoms with E-state index in [1.54, 1.807) is 12.1 Å². The van der Waals surface area contributed by atoms with E-state index in [9.17, 15) is 9.59 Å². The zero-order chi connectivity index (χ0) is 17.6. The van der Waals surface area contributed by atoms with Gasteiger partial charge in [-0.05, 0) is 30.3 Å². The summed E-state index contributed by atoms with van der Waals surface area (Å²) in [6.45, 7) is 0.414. The van der Waals surface area contributed by atoms with Crippen molar-refractivity contribution in [3.8, 4) is 17.2 Å². The van der Waals surface area contributed by atoms with Crippen LogP contribution in [0.15, 0.2) is 48.5 Å². The molecule has 0 spiro atoms. The number of rotatable bonds is 6. The van der Waals surface area contributed by atoms with Gasteiger partial charge in [0.2, 0.25) is 0 Å². The van der Waals surface area contributed by atoms with Gasteiger partial charge in [-0.3, -0.25) is 4.79 Å². The smallest absolute Gasteiger partial charge is 0.335 e. The molecule has 0 fully saturated rings. The molecule has 1 atom stereocenters. The molecule has 130 valence electrons. The van der Waals surface area contributed by atoms with Gasteiger partial charge in [0.15, 0.2) is 18.1 Å². The van der Waals surface area contributed by atoms with Crippen LogP contribution < -0.4 is 19.5 Å². The number of ether oxygens (including phenoxy) is 3. The Morgan fingerprint density at radius 3 is 2.76 bits per heavy atom. The van der Waals surface area contributed by atoms with Crippen molar-refractivity contribution in [3.05, 3.63) is 54.1 Å². The van der Waals surface area contributed by atoms with Crippen LogP contribution in [0.4, 0.5) is 0 Å². The molecule has 0 saturated heterocycles. The van der Waals surface area contributed by atoms with Crippen molar-refractivity contribution >= 4 is 11.9 Å². The van der Waals surface area contributed by atoms with Crippen molar-refractivity contribution < 1.29 is 28.9 Å². The number of fused-ring (bicyclic) bond motifs is 1. The fraction of sp³-hybridized carbons (Fsp3) is 0.222. The summed E-state index contributed by atoms with van der Waals surface area (Å²) in [5.41, 5.74) is 0.101. The number of carbonyl (C=O) groups is 2. The number of benzene rings is 2. The molecule has 0 radical (unpaired) electrons. The Bertz CT molecular complexity index is 776. The van der Waals surface area contributed by atoms with Gasteiger partial charge in [-0.2, -0.15) is 0 Å². The molecule has 0 saturated carbocycles. The van der Waals surface area contributed by atoms with E-state index in [0.717, 1.165) is 0 Å². The number of carboxylic acids is 1. The number of amides is 1. The Kier molecular flexibility index (Phi) is 5.03. The summed E-state index contributed by atoms with van der Waals surface area (Å²) in [4.78, 5) is 22.8. The molecule has 1 heterocycles. The SMILES string of the molecule is O=C(COc1cccc(C(=O)O)c1)NC[C@H]1COc2ccccc2O1. The van der Waals surface area contributed by atoms with E-state index in [1.807, 2.05) is 24.3 Å². The number of hydrogen-bond acceptors (Lipinski definition) is 5. The van der Waals surface area contributed by atoms with E-state index in [1.165, 1.54) is 12.1 Å². The minimum absolute atomic E-state index is 0.101. The topological polar surface area (TPSA) is 94.1 Å². The van der Waals surface area contributed by atoms with Crippen LogP contribution in [-0.2, 0) is 4.79 Å². The average Bonchev–Trinajstić information content (AvgIpc) is 2.64. The van der Waals surface area contributed by atoms with E-state index >= 15 is 0 Å². The quantitative estimate of drug-likeness (QED) is 0.829. The van der Waals surface area contributed by atoms with Crippen LogP contribution in [0.2, 0.25) is 0 Å². The van der Waals surface area contributed by atoms with Gasteiger partial charge in [-0.25, -0.2) is 4.79 Å². The first-order valence-electron chi connectivity index (χ1n) is 7.73. The number of nitrogens with one attached hydrogen (secondary N) is 1. The third-order valence-electron chi connectivity index (χ3n) is 3.55. The minimum atomic E-state index is -1.05. The zero-order valence-electron chi connectivity index (χ0n) is 13.3. The molecule has 25 heavy (non-hydrogen) atoms. The highest BCUT2D eigenvalue weighted by atomic mass is 16.6. The molecule has 7 nitrogen and oxygen atoms in total. The van der Waals surface area contributed by atoms with E-state index in [4.69, 9.17) is 19.3 Å². The van der Waals surface area contributed by atoms with Gasteiger partial charge in [-0.15, -0.1) is 0 Å². The molecule has 0 bridgehead atoms. The monoisotopic (exact) mass is 343 g/mol. The number of aromatic carboxylic acids is 1. The second-order valence-electron chi connectivity index (χ2n) is 5.42. The van der Waals surface area contributed by atoms with Crippen molar-refractivity contribution in [1.29, 1.82) is 0 Å². The molecule has 2 N–H and O–H groups in total. The van der Waals surface area contributed by atoms with Crippen LogP contribution in [0.3, 0.4) is 0 Å². The average molecular weight is 343 g/mol. The Hall–Kier alpha value is -3.22. The Labute approximate surface area is 144 Å². The fourth-order valence-corrected chi connectivity index (χ4v) is 2.31. The number of para-hydroxylation sites is 2. The first kappa shape index (κ1) is 16.6. The third-order valence-corrected chi connectivity index (χ3v) is 3.55. The molecule has 2 aromatic rings. The lowest BCUT2D eigenvalue weighted by molar-refractivity contribution is -0.123. The normalized spacial score (nSPS) is 15.3. The maximum absolute atomic E-state index is 11.9. The second kappa shape index (κ2) is 7.57. The summed E-state index contributed by atoms with van der Waals surface area (Å²) >= 11 is 0. The molecular weight excluding hydrogens is 326 g/mol. The van der Waals surface area contributed by atoms with Gasteiger partial charge in [0.25, 0.3) is 5.91 Å². The minimum Gasteiger partial charge on any atom is -0.486 e. The molecule has 0 aliphatic carbocycles. The first-order valence-corrected chi connectivity index (χ1v) is 7.73. The van der Waals surface area contributed by atoms with Crippen molar-refractivity contribution in [2.24, 2.45) is 0 Å². The summed E-state index contributed by atoms with van der Waals surface area (Å²) in [5, 5.41) is 11.6. The highest BCUT2D eigenvalue weighted by Crippen LogP contribution is 2.30. The summed E-state index contributed by atoms with van der Waals surface area (Å²) in [6, 6.07) is 13.3. The molecule has 1 amide bonds. The van der Waals surface area contributed by atoms with Crippen LogP contribution in [0.5, 0.6) is 17.2 Å². The predicted molar refractivity (Wildman–Crippen MR) is 88.3 cm³/mol. The van der Waals surface area contributed by atoms with Crippen LogP contribution in [0, 0.1) is 0 Å². The third kappa shape index (κ3) is 4.41. The number of hydrogen-bond donors (Lipinski definition) is 2. The van der Waals surface area contributed by atoms with Gasteiger partial charge in [-0.1, -0.05) is 18.2 Å². The first-order chi connectivity index (χ1) is 12.1. The Morgan fingerprint density at radius 2 is 1.96 bits per heavy atom. The standard InChI is InChI=1S/C18H17NO6/c20-17(11-23-13-5-3-4-12(8-13)18(21)22)19-9-14-10-24-15-6-1-2-7-16(15)25-14/h1-8,14H,9-11H2,(H,19,20)(H,21,22)/t14-/m0/s1. The van der Waals surface area contributed by atoms with Crippen LogP contribution in [-0.4, -0.2) is 42.8 Å². The molecule has 2 aromatic carbocycles. The Morgan fingerprint density at radius 1 is 1.16 bits per heavy atom. The van der Waals surface area contributed by atoms with E-state index < -0.39 is 5.97 Å². The van der Waals surface area contributed by atoms with Crippen molar-refractivity contribution in [1.82, 2.24) is 5.32 Å². The lowest BCUT2D eigenvalue weighted by Crippen LogP contribution is -2.42. The molecular formula is C18H17NO6. The van der Waals surface area contributed by atoms with Crippen LogP contribution in [0.1, 0.15) is 10.4 Å². The highest BCUT2D eigenvalue weighted by Gasteiger charge is 2.21. The molecule has 7 heteroatoms. The maximum atomic E-state index is 11.9.